The summed E-state index contributed by atoms with van der Waals surface area (Å²) in [6.07, 6.45) is 6.09. The van der Waals surface area contributed by atoms with Crippen LogP contribution in [0.25, 0.3) is 10.6 Å². The molecule has 1 saturated carbocycles. The van der Waals surface area contributed by atoms with Crippen LogP contribution in [0.4, 0.5) is 9.93 Å². The first kappa shape index (κ1) is 15.9. The number of imidazole rings is 1. The first-order valence-electron chi connectivity index (χ1n) is 7.70. The van der Waals surface area contributed by atoms with Gasteiger partial charge in [0.2, 0.25) is 0 Å². The van der Waals surface area contributed by atoms with E-state index in [9.17, 15) is 4.79 Å². The Morgan fingerprint density at radius 3 is 3.04 bits per heavy atom. The summed E-state index contributed by atoms with van der Waals surface area (Å²) in [6, 6.07) is -0.259. The number of carbonyl (C=O) groups is 1. The maximum atomic E-state index is 11.9. The van der Waals surface area contributed by atoms with Gasteiger partial charge >= 0.3 is 6.03 Å². The number of carbonyl (C=O) groups excluding carboxylic acids is 1. The quantitative estimate of drug-likeness (QED) is 0.761. The summed E-state index contributed by atoms with van der Waals surface area (Å²) < 4.78 is 7.41. The molecule has 1 aliphatic rings. The fraction of sp³-hybridized carbons (Fsp3) is 0.533. The first-order chi connectivity index (χ1) is 11.1. The summed E-state index contributed by atoms with van der Waals surface area (Å²) in [5.74, 6) is 0.743. The van der Waals surface area contributed by atoms with Crippen molar-refractivity contribution >= 4 is 22.5 Å². The van der Waals surface area contributed by atoms with Crippen LogP contribution in [0.15, 0.2) is 12.5 Å². The highest BCUT2D eigenvalue weighted by Crippen LogP contribution is 2.32. The summed E-state index contributed by atoms with van der Waals surface area (Å²) in [4.78, 5) is 21.4. The lowest BCUT2D eigenvalue weighted by Crippen LogP contribution is -2.31. The smallest absolute Gasteiger partial charge is 0.321 e. The second kappa shape index (κ2) is 7.10. The molecule has 2 aromatic rings. The molecule has 1 fully saturated rings. The molecule has 2 aromatic heterocycles. The molecule has 0 unspecified atom stereocenters. The zero-order chi connectivity index (χ0) is 16.2. The summed E-state index contributed by atoms with van der Waals surface area (Å²) in [5, 5.41) is 6.12. The topological polar surface area (TPSA) is 81.1 Å². The van der Waals surface area contributed by atoms with Crippen LogP contribution in [0.1, 0.15) is 18.5 Å². The van der Waals surface area contributed by atoms with Crippen molar-refractivity contribution in [1.29, 1.82) is 0 Å². The minimum absolute atomic E-state index is 0.259. The number of hydrogen-bond acceptors (Lipinski definition) is 5. The molecule has 3 rings (SSSR count). The second-order valence-corrected chi connectivity index (χ2v) is 6.72. The lowest BCUT2D eigenvalue weighted by Gasteiger charge is -2.06. The molecule has 0 bridgehead atoms. The maximum absolute atomic E-state index is 11.9. The Balaban J connectivity index is 1.47. The molecule has 2 N–H and O–H groups in total. The number of aryl methyl sites for hydroxylation is 2. The van der Waals surface area contributed by atoms with Gasteiger partial charge < -0.3 is 14.6 Å². The van der Waals surface area contributed by atoms with Crippen LogP contribution in [-0.2, 0) is 11.8 Å². The zero-order valence-electron chi connectivity index (χ0n) is 13.3. The van der Waals surface area contributed by atoms with Crippen molar-refractivity contribution in [1.82, 2.24) is 19.9 Å². The summed E-state index contributed by atoms with van der Waals surface area (Å²) in [6.45, 7) is 3.77. The third-order valence-corrected chi connectivity index (χ3v) is 4.74. The number of nitrogens with one attached hydrogen (secondary N) is 2. The number of urea groups is 1. The number of hydrogen-bond donors (Lipinski definition) is 2. The Kier molecular flexibility index (Phi) is 4.92. The van der Waals surface area contributed by atoms with E-state index >= 15 is 0 Å². The Morgan fingerprint density at radius 2 is 2.35 bits per heavy atom. The van der Waals surface area contributed by atoms with Crippen LogP contribution in [0.2, 0.25) is 0 Å². The van der Waals surface area contributed by atoms with E-state index in [2.05, 4.69) is 20.6 Å². The fourth-order valence-corrected chi connectivity index (χ4v) is 3.19. The van der Waals surface area contributed by atoms with E-state index in [0.717, 1.165) is 28.8 Å². The van der Waals surface area contributed by atoms with Crippen molar-refractivity contribution in [2.24, 2.45) is 13.0 Å². The molecule has 2 heterocycles. The minimum Gasteiger partial charge on any atom is -0.379 e. The molecule has 0 radical (unpaired) electrons. The molecule has 8 heteroatoms. The number of aromatic nitrogens is 3. The van der Waals surface area contributed by atoms with E-state index in [1.165, 1.54) is 24.2 Å². The molecular weight excluding hydrogens is 314 g/mol. The van der Waals surface area contributed by atoms with E-state index in [-0.39, 0.29) is 6.03 Å². The van der Waals surface area contributed by atoms with Gasteiger partial charge in [0, 0.05) is 20.2 Å². The van der Waals surface area contributed by atoms with Crippen molar-refractivity contribution in [2.45, 2.75) is 19.8 Å². The van der Waals surface area contributed by atoms with Gasteiger partial charge in [0.1, 0.15) is 0 Å². The minimum atomic E-state index is -0.259. The van der Waals surface area contributed by atoms with Crippen LogP contribution in [0, 0.1) is 12.8 Å². The highest BCUT2D eigenvalue weighted by Gasteiger charge is 2.21. The van der Waals surface area contributed by atoms with Gasteiger partial charge in [-0.2, -0.15) is 0 Å². The number of nitrogens with zero attached hydrogens (tertiary/aromatic N) is 3. The molecule has 23 heavy (non-hydrogen) atoms. The van der Waals surface area contributed by atoms with Crippen molar-refractivity contribution < 1.29 is 9.53 Å². The number of anilines is 1. The van der Waals surface area contributed by atoms with Crippen molar-refractivity contribution in [3.8, 4) is 10.6 Å². The van der Waals surface area contributed by atoms with Crippen LogP contribution >= 0.6 is 11.3 Å². The van der Waals surface area contributed by atoms with E-state index in [4.69, 9.17) is 4.74 Å². The van der Waals surface area contributed by atoms with E-state index in [0.29, 0.717) is 18.3 Å². The molecule has 1 aliphatic carbocycles. The standard InChI is InChI=1S/C15H21N5O2S/c1-10-13(12-7-16-9-20(12)2)23-15(18-10)19-14(21)17-5-6-22-8-11-3-4-11/h7,9,11H,3-6,8H2,1-2H3,(H2,17,18,19,21). The molecule has 0 aromatic carbocycles. The van der Waals surface area contributed by atoms with E-state index < -0.39 is 0 Å². The van der Waals surface area contributed by atoms with Gasteiger partial charge in [-0.05, 0) is 25.7 Å². The molecule has 0 aliphatic heterocycles. The molecular formula is C15H21N5O2S. The van der Waals surface area contributed by atoms with Gasteiger partial charge in [-0.15, -0.1) is 0 Å². The van der Waals surface area contributed by atoms with Crippen LogP contribution in [-0.4, -0.2) is 40.3 Å². The van der Waals surface area contributed by atoms with Gasteiger partial charge in [0.15, 0.2) is 5.13 Å². The molecule has 7 nitrogen and oxygen atoms in total. The van der Waals surface area contributed by atoms with Crippen LogP contribution in [0.5, 0.6) is 0 Å². The number of thiazole rings is 1. The van der Waals surface area contributed by atoms with Crippen LogP contribution < -0.4 is 10.6 Å². The van der Waals surface area contributed by atoms with Gasteiger partial charge in [0.25, 0.3) is 0 Å². The van der Waals surface area contributed by atoms with Gasteiger partial charge in [-0.1, -0.05) is 11.3 Å². The first-order valence-corrected chi connectivity index (χ1v) is 8.52. The molecule has 0 atom stereocenters. The SMILES string of the molecule is Cc1nc(NC(=O)NCCOCC2CC2)sc1-c1cncn1C. The Morgan fingerprint density at radius 1 is 1.52 bits per heavy atom. The van der Waals surface area contributed by atoms with Crippen molar-refractivity contribution in [3.05, 3.63) is 18.2 Å². The molecule has 0 saturated heterocycles. The summed E-state index contributed by atoms with van der Waals surface area (Å²) in [7, 11) is 1.93. The van der Waals surface area contributed by atoms with Gasteiger partial charge in [-0.25, -0.2) is 14.8 Å². The molecule has 0 spiro atoms. The lowest BCUT2D eigenvalue weighted by atomic mass is 10.3. The van der Waals surface area contributed by atoms with Gasteiger partial charge in [0.05, 0.1) is 35.4 Å². The lowest BCUT2D eigenvalue weighted by molar-refractivity contribution is 0.127. The predicted octanol–water partition coefficient (Wildman–Crippen LogP) is 2.40. The average Bonchev–Trinajstić information content (AvgIpc) is 3.13. The summed E-state index contributed by atoms with van der Waals surface area (Å²) >= 11 is 1.44. The highest BCUT2D eigenvalue weighted by atomic mass is 32.1. The number of ether oxygens (including phenoxy) is 1. The second-order valence-electron chi connectivity index (χ2n) is 5.72. The molecule has 2 amide bonds. The Hall–Kier alpha value is -1.93. The number of amides is 2. The van der Waals surface area contributed by atoms with Gasteiger partial charge in [-0.3, -0.25) is 5.32 Å². The summed E-state index contributed by atoms with van der Waals surface area (Å²) in [5.41, 5.74) is 1.86. The Labute approximate surface area is 139 Å². The monoisotopic (exact) mass is 335 g/mol. The predicted molar refractivity (Wildman–Crippen MR) is 89.6 cm³/mol. The largest absolute Gasteiger partial charge is 0.379 e. The third-order valence-electron chi connectivity index (χ3n) is 3.65. The highest BCUT2D eigenvalue weighted by molar-refractivity contribution is 7.19. The third kappa shape index (κ3) is 4.29. The average molecular weight is 335 g/mol. The van der Waals surface area contributed by atoms with Crippen molar-refractivity contribution in [3.63, 3.8) is 0 Å². The molecule has 124 valence electrons. The van der Waals surface area contributed by atoms with E-state index in [1.807, 2.05) is 18.5 Å². The number of rotatable bonds is 7. The maximum Gasteiger partial charge on any atom is 0.321 e. The zero-order valence-corrected chi connectivity index (χ0v) is 14.2. The van der Waals surface area contributed by atoms with Crippen LogP contribution in [0.3, 0.4) is 0 Å². The normalized spacial score (nSPS) is 14.0. The van der Waals surface area contributed by atoms with Crippen molar-refractivity contribution in [2.75, 3.05) is 25.1 Å². The Bertz CT molecular complexity index is 677. The fourth-order valence-electron chi connectivity index (χ4n) is 2.18. The van der Waals surface area contributed by atoms with E-state index in [1.54, 1.807) is 12.5 Å².